The van der Waals surface area contributed by atoms with Gasteiger partial charge < -0.3 is 15.1 Å². The number of carbonyl (C=O) groups excluding carboxylic acids is 3. The van der Waals surface area contributed by atoms with Crippen molar-refractivity contribution in [2.75, 3.05) is 26.2 Å². The Balaban J connectivity index is 1.61. The first-order chi connectivity index (χ1) is 13.4. The number of pyridine rings is 1. The minimum atomic E-state index is -0.274. The molecule has 0 bridgehead atoms. The van der Waals surface area contributed by atoms with E-state index in [0.29, 0.717) is 43.9 Å². The first-order valence-electron chi connectivity index (χ1n) is 9.27. The molecule has 0 spiro atoms. The van der Waals surface area contributed by atoms with Crippen molar-refractivity contribution in [3.63, 3.8) is 0 Å². The molecule has 7 heteroatoms. The number of hydrogen-bond donors (Lipinski definition) is 1. The summed E-state index contributed by atoms with van der Waals surface area (Å²) < 4.78 is 0. The van der Waals surface area contributed by atoms with Gasteiger partial charge in [0.2, 0.25) is 5.91 Å². The van der Waals surface area contributed by atoms with Gasteiger partial charge in [0.05, 0.1) is 11.1 Å². The second kappa shape index (κ2) is 8.65. The summed E-state index contributed by atoms with van der Waals surface area (Å²) in [6.45, 7) is 5.93. The van der Waals surface area contributed by atoms with Crippen LogP contribution in [0.3, 0.4) is 0 Å². The Morgan fingerprint density at radius 1 is 0.964 bits per heavy atom. The largest absolute Gasteiger partial charge is 0.348 e. The lowest BCUT2D eigenvalue weighted by Crippen LogP contribution is -2.50. The van der Waals surface area contributed by atoms with Crippen LogP contribution in [-0.2, 0) is 11.3 Å². The van der Waals surface area contributed by atoms with Crippen LogP contribution in [0, 0.1) is 6.92 Å². The molecule has 1 N–H and O–H groups in total. The Morgan fingerprint density at radius 3 is 2.21 bits per heavy atom. The van der Waals surface area contributed by atoms with Gasteiger partial charge in [0.1, 0.15) is 0 Å². The summed E-state index contributed by atoms with van der Waals surface area (Å²) in [5.41, 5.74) is 2.89. The molecule has 0 aliphatic carbocycles. The van der Waals surface area contributed by atoms with Gasteiger partial charge in [0.25, 0.3) is 11.8 Å². The molecule has 1 saturated heterocycles. The molecule has 0 saturated carbocycles. The van der Waals surface area contributed by atoms with Gasteiger partial charge in [-0.15, -0.1) is 0 Å². The number of hydrogen-bond acceptors (Lipinski definition) is 4. The van der Waals surface area contributed by atoms with Gasteiger partial charge in [-0.2, -0.15) is 0 Å². The van der Waals surface area contributed by atoms with Crippen LogP contribution in [0.1, 0.15) is 38.8 Å². The molecule has 7 nitrogen and oxygen atoms in total. The zero-order valence-corrected chi connectivity index (χ0v) is 16.1. The minimum absolute atomic E-state index is 0.0148. The highest BCUT2D eigenvalue weighted by Crippen LogP contribution is 2.11. The van der Waals surface area contributed by atoms with Crippen molar-refractivity contribution >= 4 is 17.7 Å². The summed E-state index contributed by atoms with van der Waals surface area (Å²) in [4.78, 5) is 44.0. The Morgan fingerprint density at radius 2 is 1.57 bits per heavy atom. The number of benzene rings is 1. The monoisotopic (exact) mass is 380 g/mol. The fourth-order valence-electron chi connectivity index (χ4n) is 3.08. The normalized spacial score (nSPS) is 13.9. The maximum Gasteiger partial charge on any atom is 0.255 e. The van der Waals surface area contributed by atoms with Gasteiger partial charge >= 0.3 is 0 Å². The molecule has 2 aromatic rings. The van der Waals surface area contributed by atoms with E-state index < -0.39 is 0 Å². The van der Waals surface area contributed by atoms with E-state index in [1.54, 1.807) is 15.9 Å². The van der Waals surface area contributed by atoms with Crippen LogP contribution in [0.15, 0.2) is 42.7 Å². The van der Waals surface area contributed by atoms with Crippen molar-refractivity contribution in [2.45, 2.75) is 20.4 Å². The molecule has 1 aromatic carbocycles. The third-order valence-electron chi connectivity index (χ3n) is 4.83. The SMILES string of the molecule is CC(=O)N1CCN(C(=O)c2cncc(C(=O)NCc3ccc(C)cc3)c2)CC1. The van der Waals surface area contributed by atoms with Crippen LogP contribution in [0.2, 0.25) is 0 Å². The molecule has 1 aromatic heterocycles. The lowest BCUT2D eigenvalue weighted by atomic mass is 10.1. The van der Waals surface area contributed by atoms with E-state index in [1.165, 1.54) is 19.3 Å². The third kappa shape index (κ3) is 4.73. The molecule has 1 aliphatic heterocycles. The number of carbonyl (C=O) groups is 3. The third-order valence-corrected chi connectivity index (χ3v) is 4.83. The van der Waals surface area contributed by atoms with Gasteiger partial charge in [-0.3, -0.25) is 19.4 Å². The Labute approximate surface area is 164 Å². The lowest BCUT2D eigenvalue weighted by Gasteiger charge is -2.34. The summed E-state index contributed by atoms with van der Waals surface area (Å²) >= 11 is 0. The summed E-state index contributed by atoms with van der Waals surface area (Å²) in [5.74, 6) is -0.436. The molecule has 28 heavy (non-hydrogen) atoms. The topological polar surface area (TPSA) is 82.6 Å². The smallest absolute Gasteiger partial charge is 0.255 e. The highest BCUT2D eigenvalue weighted by Gasteiger charge is 2.24. The number of rotatable bonds is 4. The number of aryl methyl sites for hydroxylation is 1. The Bertz CT molecular complexity index is 871. The van der Waals surface area contributed by atoms with E-state index in [0.717, 1.165) is 11.1 Å². The van der Waals surface area contributed by atoms with Gasteiger partial charge in [-0.25, -0.2) is 0 Å². The van der Waals surface area contributed by atoms with Crippen molar-refractivity contribution in [2.24, 2.45) is 0 Å². The van der Waals surface area contributed by atoms with Gasteiger partial charge in [0, 0.05) is 52.0 Å². The van der Waals surface area contributed by atoms with E-state index >= 15 is 0 Å². The predicted molar refractivity (Wildman–Crippen MR) is 105 cm³/mol. The maximum absolute atomic E-state index is 12.7. The average Bonchev–Trinajstić information content (AvgIpc) is 2.72. The molecule has 0 atom stereocenters. The van der Waals surface area contributed by atoms with Crippen LogP contribution >= 0.6 is 0 Å². The molecular weight excluding hydrogens is 356 g/mol. The van der Waals surface area contributed by atoms with E-state index in [4.69, 9.17) is 0 Å². The molecule has 146 valence electrons. The molecule has 1 aliphatic rings. The predicted octanol–water partition coefficient (Wildman–Crippen LogP) is 1.62. The average molecular weight is 380 g/mol. The molecular formula is C21H24N4O3. The lowest BCUT2D eigenvalue weighted by molar-refractivity contribution is -0.130. The fourth-order valence-corrected chi connectivity index (χ4v) is 3.08. The van der Waals surface area contributed by atoms with Crippen LogP contribution in [0.5, 0.6) is 0 Å². The summed E-state index contributed by atoms with van der Waals surface area (Å²) in [6.07, 6.45) is 2.92. The van der Waals surface area contributed by atoms with Gasteiger partial charge in [0.15, 0.2) is 0 Å². The van der Waals surface area contributed by atoms with Crippen LogP contribution in [0.25, 0.3) is 0 Å². The van der Waals surface area contributed by atoms with Crippen molar-refractivity contribution in [3.05, 3.63) is 65.0 Å². The first kappa shape index (κ1) is 19.5. The molecule has 1 fully saturated rings. The van der Waals surface area contributed by atoms with Crippen molar-refractivity contribution < 1.29 is 14.4 Å². The van der Waals surface area contributed by atoms with E-state index in [9.17, 15) is 14.4 Å². The second-order valence-electron chi connectivity index (χ2n) is 6.93. The van der Waals surface area contributed by atoms with Crippen LogP contribution in [0.4, 0.5) is 0 Å². The van der Waals surface area contributed by atoms with Crippen molar-refractivity contribution in [1.29, 1.82) is 0 Å². The summed E-state index contributed by atoms with van der Waals surface area (Å²) in [5, 5.41) is 2.85. The fraction of sp³-hybridized carbons (Fsp3) is 0.333. The number of piperazine rings is 1. The summed E-state index contributed by atoms with van der Waals surface area (Å²) in [7, 11) is 0. The molecule has 2 heterocycles. The Hall–Kier alpha value is -3.22. The minimum Gasteiger partial charge on any atom is -0.348 e. The number of nitrogens with zero attached hydrogens (tertiary/aromatic N) is 3. The number of aromatic nitrogens is 1. The second-order valence-corrected chi connectivity index (χ2v) is 6.93. The van der Waals surface area contributed by atoms with E-state index in [-0.39, 0.29) is 17.7 Å². The van der Waals surface area contributed by atoms with Gasteiger partial charge in [-0.05, 0) is 18.6 Å². The molecule has 3 amide bonds. The molecule has 3 rings (SSSR count). The van der Waals surface area contributed by atoms with Crippen LogP contribution < -0.4 is 5.32 Å². The quantitative estimate of drug-likeness (QED) is 0.874. The maximum atomic E-state index is 12.7. The van der Waals surface area contributed by atoms with E-state index in [1.807, 2.05) is 31.2 Å². The molecule has 0 radical (unpaired) electrons. The summed E-state index contributed by atoms with van der Waals surface area (Å²) in [6, 6.07) is 9.49. The highest BCUT2D eigenvalue weighted by atomic mass is 16.2. The van der Waals surface area contributed by atoms with E-state index in [2.05, 4.69) is 10.3 Å². The van der Waals surface area contributed by atoms with Crippen LogP contribution in [-0.4, -0.2) is 58.7 Å². The molecule has 0 unspecified atom stereocenters. The van der Waals surface area contributed by atoms with Crippen molar-refractivity contribution in [3.8, 4) is 0 Å². The zero-order valence-electron chi connectivity index (χ0n) is 16.1. The first-order valence-corrected chi connectivity index (χ1v) is 9.27. The standard InChI is InChI=1S/C21H24N4O3/c1-15-3-5-17(6-4-15)12-23-20(27)18-11-19(14-22-13-18)21(28)25-9-7-24(8-10-25)16(2)26/h3-6,11,13-14H,7-10,12H2,1-2H3,(H,23,27). The van der Waals surface area contributed by atoms with Crippen molar-refractivity contribution in [1.82, 2.24) is 20.1 Å². The number of amides is 3. The highest BCUT2D eigenvalue weighted by molar-refractivity contribution is 5.99. The Kier molecular flexibility index (Phi) is 6.03. The number of nitrogens with one attached hydrogen (secondary N) is 1. The zero-order chi connectivity index (χ0) is 20.1. The van der Waals surface area contributed by atoms with Gasteiger partial charge in [-0.1, -0.05) is 29.8 Å².